The molecule has 2 heterocycles. The SMILES string of the molecule is Cc1cc2c3c(c1)N(c1ccc(C(C)(C)C)cc1C)c1ccc(C(C)(C)C)cc1B3c1ccccc1N2c1ccc(C(C)(C)C)cc1. The van der Waals surface area contributed by atoms with Gasteiger partial charge in [-0.1, -0.05) is 117 Å². The highest BCUT2D eigenvalue weighted by atomic mass is 15.2. The van der Waals surface area contributed by atoms with Crippen molar-refractivity contribution in [2.24, 2.45) is 0 Å². The van der Waals surface area contributed by atoms with Crippen LogP contribution in [0.25, 0.3) is 0 Å². The Morgan fingerprint density at radius 3 is 1.55 bits per heavy atom. The molecular weight excluding hydrogens is 567 g/mol. The van der Waals surface area contributed by atoms with Crippen molar-refractivity contribution in [1.82, 2.24) is 0 Å². The van der Waals surface area contributed by atoms with E-state index in [9.17, 15) is 0 Å². The number of fused-ring (bicyclic) bond motifs is 4. The summed E-state index contributed by atoms with van der Waals surface area (Å²) >= 11 is 0. The first-order valence-electron chi connectivity index (χ1n) is 17.2. The van der Waals surface area contributed by atoms with E-state index in [1.165, 1.54) is 78.3 Å². The number of hydrogen-bond acceptors (Lipinski definition) is 2. The molecule has 0 radical (unpaired) electrons. The molecule has 0 spiro atoms. The fourth-order valence-electron chi connectivity index (χ4n) is 7.58. The van der Waals surface area contributed by atoms with E-state index in [2.05, 4.69) is 183 Å². The summed E-state index contributed by atoms with van der Waals surface area (Å²) in [6, 6.07) is 37.5. The van der Waals surface area contributed by atoms with Gasteiger partial charge >= 0.3 is 0 Å². The van der Waals surface area contributed by atoms with Gasteiger partial charge in [0.25, 0.3) is 6.71 Å². The van der Waals surface area contributed by atoms with Gasteiger partial charge in [0, 0.05) is 34.1 Å². The maximum absolute atomic E-state index is 2.56. The van der Waals surface area contributed by atoms with Gasteiger partial charge in [0.2, 0.25) is 0 Å². The van der Waals surface area contributed by atoms with Crippen molar-refractivity contribution in [1.29, 1.82) is 0 Å². The fraction of sp³-hybridized carbons (Fsp3) is 0.318. The molecule has 0 aromatic heterocycles. The Morgan fingerprint density at radius 1 is 0.447 bits per heavy atom. The lowest BCUT2D eigenvalue weighted by atomic mass is 9.33. The van der Waals surface area contributed by atoms with Crippen molar-refractivity contribution in [2.75, 3.05) is 9.80 Å². The molecular formula is C44H49BN2. The number of hydrogen-bond donors (Lipinski definition) is 0. The van der Waals surface area contributed by atoms with Crippen molar-refractivity contribution in [2.45, 2.75) is 92.4 Å². The second-order valence-electron chi connectivity index (χ2n) is 17.0. The molecule has 0 saturated heterocycles. The van der Waals surface area contributed by atoms with Crippen LogP contribution in [0.1, 0.15) is 90.1 Å². The van der Waals surface area contributed by atoms with Crippen molar-refractivity contribution in [3.8, 4) is 0 Å². The summed E-state index contributed by atoms with van der Waals surface area (Å²) in [5.74, 6) is 0. The normalized spacial score (nSPS) is 14.1. The lowest BCUT2D eigenvalue weighted by Crippen LogP contribution is -2.61. The van der Waals surface area contributed by atoms with Gasteiger partial charge in [-0.05, 0) is 117 Å². The molecule has 2 nitrogen and oxygen atoms in total. The Morgan fingerprint density at radius 2 is 0.957 bits per heavy atom. The molecule has 0 N–H and O–H groups in total. The molecule has 0 saturated carbocycles. The van der Waals surface area contributed by atoms with Crippen LogP contribution in [-0.4, -0.2) is 6.71 Å². The lowest BCUT2D eigenvalue weighted by molar-refractivity contribution is 0.589. The number of benzene rings is 5. The summed E-state index contributed by atoms with van der Waals surface area (Å²) in [4.78, 5) is 5.07. The number of aryl methyl sites for hydroxylation is 2. The molecule has 5 aromatic carbocycles. The van der Waals surface area contributed by atoms with Gasteiger partial charge in [-0.3, -0.25) is 0 Å². The molecule has 0 amide bonds. The van der Waals surface area contributed by atoms with Crippen LogP contribution in [0.5, 0.6) is 0 Å². The minimum Gasteiger partial charge on any atom is -0.311 e. The minimum atomic E-state index is 0.0372. The second-order valence-corrected chi connectivity index (χ2v) is 17.0. The molecule has 7 rings (SSSR count). The summed E-state index contributed by atoms with van der Waals surface area (Å²) in [5, 5.41) is 0. The fourth-order valence-corrected chi connectivity index (χ4v) is 7.58. The molecule has 0 fully saturated rings. The molecule has 2 aliphatic heterocycles. The minimum absolute atomic E-state index is 0.0372. The highest BCUT2D eigenvalue weighted by Crippen LogP contribution is 2.46. The van der Waals surface area contributed by atoms with Crippen LogP contribution in [-0.2, 0) is 16.2 Å². The number of rotatable bonds is 2. The van der Waals surface area contributed by atoms with Crippen LogP contribution >= 0.6 is 0 Å². The largest absolute Gasteiger partial charge is 0.311 e. The Hall–Kier alpha value is -4.24. The Balaban J connectivity index is 1.54. The van der Waals surface area contributed by atoms with Crippen LogP contribution in [0.2, 0.25) is 0 Å². The van der Waals surface area contributed by atoms with Crippen LogP contribution < -0.4 is 26.2 Å². The third-order valence-electron chi connectivity index (χ3n) is 10.3. The quantitative estimate of drug-likeness (QED) is 0.178. The number of para-hydroxylation sites is 1. The Bertz CT molecular complexity index is 2020. The van der Waals surface area contributed by atoms with E-state index in [0.717, 1.165) is 0 Å². The average Bonchev–Trinajstić information content (AvgIpc) is 2.99. The highest BCUT2D eigenvalue weighted by molar-refractivity contribution is 7.00. The third kappa shape index (κ3) is 5.19. The smallest absolute Gasteiger partial charge is 0.252 e. The first-order valence-corrected chi connectivity index (χ1v) is 17.2. The van der Waals surface area contributed by atoms with Crippen molar-refractivity contribution in [3.63, 3.8) is 0 Å². The Kier molecular flexibility index (Phi) is 7.10. The van der Waals surface area contributed by atoms with E-state index in [-0.39, 0.29) is 23.0 Å². The van der Waals surface area contributed by atoms with Crippen LogP contribution in [0.3, 0.4) is 0 Å². The molecule has 5 aromatic rings. The van der Waals surface area contributed by atoms with E-state index in [1.807, 2.05) is 0 Å². The predicted octanol–water partition coefficient (Wildman–Crippen LogP) is 10.3. The molecule has 0 unspecified atom stereocenters. The summed E-state index contributed by atoms with van der Waals surface area (Å²) in [7, 11) is 0. The second kappa shape index (κ2) is 10.6. The highest BCUT2D eigenvalue weighted by Gasteiger charge is 2.44. The molecule has 3 heteroatoms. The third-order valence-corrected chi connectivity index (χ3v) is 10.3. The zero-order valence-corrected chi connectivity index (χ0v) is 30.2. The standard InChI is InChI=1S/C44H49BN2/c1-28-24-39-41-40(25-28)47(36-22-18-31(26-29(36)2)43(6,7)8)38-23-19-32(44(9,10)11)27-35(38)45(41)34-14-12-13-15-37(34)46(39)33-20-16-30(17-21-33)42(3,4)5/h12-27H,1-11H3. The number of anilines is 6. The Labute approximate surface area is 283 Å². The molecule has 47 heavy (non-hydrogen) atoms. The van der Waals surface area contributed by atoms with Crippen molar-refractivity contribution < 1.29 is 0 Å². The molecule has 2 aliphatic rings. The van der Waals surface area contributed by atoms with Gasteiger partial charge in [-0.25, -0.2) is 0 Å². The monoisotopic (exact) mass is 616 g/mol. The van der Waals surface area contributed by atoms with Crippen molar-refractivity contribution >= 4 is 57.2 Å². The van der Waals surface area contributed by atoms with E-state index >= 15 is 0 Å². The van der Waals surface area contributed by atoms with Crippen LogP contribution in [0.15, 0.2) is 97.1 Å². The molecule has 0 aliphatic carbocycles. The molecule has 0 bridgehead atoms. The maximum atomic E-state index is 2.56. The van der Waals surface area contributed by atoms with Gasteiger partial charge in [0.05, 0.1) is 0 Å². The van der Waals surface area contributed by atoms with E-state index < -0.39 is 0 Å². The van der Waals surface area contributed by atoms with Gasteiger partial charge in [-0.2, -0.15) is 0 Å². The van der Waals surface area contributed by atoms with Gasteiger partial charge < -0.3 is 9.80 Å². The summed E-state index contributed by atoms with van der Waals surface area (Å²) in [5.41, 5.74) is 18.5. The van der Waals surface area contributed by atoms with Gasteiger partial charge in [0.1, 0.15) is 0 Å². The first kappa shape index (κ1) is 31.4. The maximum Gasteiger partial charge on any atom is 0.252 e. The van der Waals surface area contributed by atoms with Gasteiger partial charge in [0.15, 0.2) is 0 Å². The molecule has 238 valence electrons. The van der Waals surface area contributed by atoms with Gasteiger partial charge in [-0.15, -0.1) is 0 Å². The zero-order chi connectivity index (χ0) is 33.6. The molecule has 0 atom stereocenters. The number of nitrogens with zero attached hydrogens (tertiary/aromatic N) is 2. The van der Waals surface area contributed by atoms with Crippen LogP contribution in [0.4, 0.5) is 34.1 Å². The lowest BCUT2D eigenvalue weighted by Gasteiger charge is -2.45. The van der Waals surface area contributed by atoms with E-state index in [4.69, 9.17) is 0 Å². The average molecular weight is 617 g/mol. The summed E-state index contributed by atoms with van der Waals surface area (Å²) in [6.07, 6.45) is 0. The summed E-state index contributed by atoms with van der Waals surface area (Å²) < 4.78 is 0. The topological polar surface area (TPSA) is 6.48 Å². The van der Waals surface area contributed by atoms with E-state index in [0.29, 0.717) is 0 Å². The predicted molar refractivity (Wildman–Crippen MR) is 206 cm³/mol. The van der Waals surface area contributed by atoms with E-state index in [1.54, 1.807) is 0 Å². The first-order chi connectivity index (χ1) is 22.0. The zero-order valence-electron chi connectivity index (χ0n) is 30.2. The summed E-state index contributed by atoms with van der Waals surface area (Å²) in [6.45, 7) is 25.4. The van der Waals surface area contributed by atoms with Crippen molar-refractivity contribution in [3.05, 3.63) is 125 Å². The van der Waals surface area contributed by atoms with Crippen LogP contribution in [0, 0.1) is 13.8 Å².